The quantitative estimate of drug-likeness (QED) is 0.910. The largest absolute Gasteiger partial charge is 0.507 e. The van der Waals surface area contributed by atoms with Gasteiger partial charge >= 0.3 is 0 Å². The molecule has 0 bridgehead atoms. The highest BCUT2D eigenvalue weighted by Crippen LogP contribution is 2.23. The highest BCUT2D eigenvalue weighted by molar-refractivity contribution is 7.09. The van der Waals surface area contributed by atoms with Gasteiger partial charge in [-0.15, -0.1) is 11.3 Å². The first kappa shape index (κ1) is 12.9. The molecule has 0 saturated heterocycles. The topological polar surface area (TPSA) is 62.2 Å². The Morgan fingerprint density at radius 3 is 2.94 bits per heavy atom. The number of nitrogens with one attached hydrogen (secondary N) is 1. The average molecular weight is 283 g/mol. The lowest BCUT2D eigenvalue weighted by Gasteiger charge is -2.12. The molecule has 0 saturated carbocycles. The Bertz CT molecular complexity index is 557. The summed E-state index contributed by atoms with van der Waals surface area (Å²) in [4.78, 5) is 16.1. The first-order chi connectivity index (χ1) is 8.58. The maximum atomic E-state index is 11.9. The summed E-state index contributed by atoms with van der Waals surface area (Å²) in [5.41, 5.74) is 0.197. The van der Waals surface area contributed by atoms with E-state index in [1.165, 1.54) is 23.5 Å². The van der Waals surface area contributed by atoms with Gasteiger partial charge < -0.3 is 10.4 Å². The van der Waals surface area contributed by atoms with Crippen molar-refractivity contribution < 1.29 is 9.90 Å². The van der Waals surface area contributed by atoms with E-state index < -0.39 is 0 Å². The molecule has 1 aromatic heterocycles. The third kappa shape index (κ3) is 2.80. The van der Waals surface area contributed by atoms with Gasteiger partial charge in [-0.25, -0.2) is 4.98 Å². The highest BCUT2D eigenvalue weighted by atomic mass is 35.5. The molecule has 2 rings (SSSR count). The van der Waals surface area contributed by atoms with Crippen LogP contribution in [-0.4, -0.2) is 16.0 Å². The first-order valence-electron chi connectivity index (χ1n) is 5.26. The number of amides is 1. The number of carbonyl (C=O) groups is 1. The maximum absolute atomic E-state index is 11.9. The van der Waals surface area contributed by atoms with E-state index in [4.69, 9.17) is 11.6 Å². The molecular weight excluding hydrogens is 272 g/mol. The van der Waals surface area contributed by atoms with Crippen molar-refractivity contribution in [1.82, 2.24) is 10.3 Å². The molecule has 0 fully saturated rings. The van der Waals surface area contributed by atoms with Crippen LogP contribution in [0.2, 0.25) is 5.02 Å². The van der Waals surface area contributed by atoms with Gasteiger partial charge in [-0.05, 0) is 25.1 Å². The molecule has 6 heteroatoms. The van der Waals surface area contributed by atoms with E-state index in [1.807, 2.05) is 12.3 Å². The summed E-state index contributed by atoms with van der Waals surface area (Å²) in [6.07, 6.45) is 1.68. The van der Waals surface area contributed by atoms with Crippen LogP contribution >= 0.6 is 22.9 Å². The Morgan fingerprint density at radius 2 is 2.33 bits per heavy atom. The number of rotatable bonds is 3. The molecule has 0 radical (unpaired) electrons. The van der Waals surface area contributed by atoms with Crippen molar-refractivity contribution in [2.45, 2.75) is 13.0 Å². The smallest absolute Gasteiger partial charge is 0.255 e. The molecule has 94 valence electrons. The van der Waals surface area contributed by atoms with Gasteiger partial charge in [0.05, 0.1) is 11.6 Å². The van der Waals surface area contributed by atoms with E-state index >= 15 is 0 Å². The van der Waals surface area contributed by atoms with E-state index in [0.29, 0.717) is 5.02 Å². The summed E-state index contributed by atoms with van der Waals surface area (Å²) in [5, 5.41) is 15.5. The zero-order valence-electron chi connectivity index (χ0n) is 9.55. The van der Waals surface area contributed by atoms with Crippen LogP contribution in [0.4, 0.5) is 0 Å². The number of carbonyl (C=O) groups excluding carboxylic acids is 1. The van der Waals surface area contributed by atoms with Gasteiger partial charge in [-0.2, -0.15) is 0 Å². The van der Waals surface area contributed by atoms with Crippen LogP contribution in [0.3, 0.4) is 0 Å². The number of nitrogens with zero attached hydrogens (tertiary/aromatic N) is 1. The number of halogens is 1. The number of aromatic hydroxyl groups is 1. The first-order valence-corrected chi connectivity index (χ1v) is 6.52. The van der Waals surface area contributed by atoms with Gasteiger partial charge in [0.1, 0.15) is 10.8 Å². The Balaban J connectivity index is 2.12. The highest BCUT2D eigenvalue weighted by Gasteiger charge is 2.16. The lowest BCUT2D eigenvalue weighted by atomic mass is 10.2. The summed E-state index contributed by atoms with van der Waals surface area (Å²) in [7, 11) is 0. The lowest BCUT2D eigenvalue weighted by Crippen LogP contribution is -2.26. The van der Waals surface area contributed by atoms with Crippen LogP contribution in [0, 0.1) is 0 Å². The zero-order valence-corrected chi connectivity index (χ0v) is 11.1. The Morgan fingerprint density at radius 1 is 1.56 bits per heavy atom. The summed E-state index contributed by atoms with van der Waals surface area (Å²) in [6, 6.07) is 4.18. The van der Waals surface area contributed by atoms with E-state index in [2.05, 4.69) is 10.3 Å². The van der Waals surface area contributed by atoms with Crippen LogP contribution in [0.1, 0.15) is 28.3 Å². The van der Waals surface area contributed by atoms with E-state index in [9.17, 15) is 9.90 Å². The molecule has 0 aliphatic heterocycles. The van der Waals surface area contributed by atoms with Crippen LogP contribution in [0.25, 0.3) is 0 Å². The number of phenolic OH excluding ortho intramolecular Hbond substituents is 1. The third-order valence-corrected chi connectivity index (χ3v) is 3.57. The van der Waals surface area contributed by atoms with Crippen molar-refractivity contribution >= 4 is 28.8 Å². The van der Waals surface area contributed by atoms with Crippen molar-refractivity contribution in [3.05, 3.63) is 45.4 Å². The number of phenols is 1. The molecule has 0 aliphatic carbocycles. The fourth-order valence-corrected chi connectivity index (χ4v) is 2.29. The summed E-state index contributed by atoms with van der Waals surface area (Å²) < 4.78 is 0. The SMILES string of the molecule is CC(NC(=O)c1ccc(Cl)cc1O)c1nccs1. The second-order valence-electron chi connectivity index (χ2n) is 3.73. The number of benzene rings is 1. The minimum absolute atomic E-state index is 0.133. The Labute approximate surface area is 113 Å². The Kier molecular flexibility index (Phi) is 3.84. The maximum Gasteiger partial charge on any atom is 0.255 e. The van der Waals surface area contributed by atoms with Gasteiger partial charge in [0.2, 0.25) is 0 Å². The van der Waals surface area contributed by atoms with Crippen LogP contribution in [0.15, 0.2) is 29.8 Å². The fraction of sp³-hybridized carbons (Fsp3) is 0.167. The van der Waals surface area contributed by atoms with Crippen molar-refractivity contribution in [2.24, 2.45) is 0 Å². The van der Waals surface area contributed by atoms with Crippen LogP contribution in [-0.2, 0) is 0 Å². The number of aromatic nitrogens is 1. The number of hydrogen-bond acceptors (Lipinski definition) is 4. The van der Waals surface area contributed by atoms with Crippen LogP contribution < -0.4 is 5.32 Å². The molecule has 0 spiro atoms. The molecule has 1 atom stereocenters. The monoisotopic (exact) mass is 282 g/mol. The van der Waals surface area contributed by atoms with Gasteiger partial charge in [0.25, 0.3) is 5.91 Å². The number of thiazole rings is 1. The molecule has 2 aromatic rings. The second-order valence-corrected chi connectivity index (χ2v) is 5.09. The molecule has 18 heavy (non-hydrogen) atoms. The average Bonchev–Trinajstić information content (AvgIpc) is 2.81. The van der Waals surface area contributed by atoms with E-state index in [0.717, 1.165) is 5.01 Å². The summed E-state index contributed by atoms with van der Waals surface area (Å²) in [5.74, 6) is -0.488. The van der Waals surface area contributed by atoms with E-state index in [1.54, 1.807) is 12.3 Å². The molecule has 1 amide bonds. The molecule has 4 nitrogen and oxygen atoms in total. The van der Waals surface area contributed by atoms with Crippen molar-refractivity contribution in [1.29, 1.82) is 0 Å². The predicted octanol–water partition coefficient (Wildman–Crippen LogP) is 2.99. The third-order valence-electron chi connectivity index (χ3n) is 2.37. The minimum Gasteiger partial charge on any atom is -0.507 e. The van der Waals surface area contributed by atoms with Crippen molar-refractivity contribution in [2.75, 3.05) is 0 Å². The fourth-order valence-electron chi connectivity index (χ4n) is 1.48. The zero-order chi connectivity index (χ0) is 13.1. The Hall–Kier alpha value is -1.59. The molecule has 1 heterocycles. The lowest BCUT2D eigenvalue weighted by molar-refractivity contribution is 0.0937. The predicted molar refractivity (Wildman–Crippen MR) is 71.1 cm³/mol. The van der Waals surface area contributed by atoms with Gasteiger partial charge in [0, 0.05) is 16.6 Å². The summed E-state index contributed by atoms with van der Waals surface area (Å²) >= 11 is 7.17. The van der Waals surface area contributed by atoms with Gasteiger partial charge in [-0.1, -0.05) is 11.6 Å². The molecule has 2 N–H and O–H groups in total. The minimum atomic E-state index is -0.355. The second kappa shape index (κ2) is 5.37. The van der Waals surface area contributed by atoms with Crippen molar-refractivity contribution in [3.8, 4) is 5.75 Å². The number of hydrogen-bond donors (Lipinski definition) is 2. The molecular formula is C12H11ClN2O2S. The summed E-state index contributed by atoms with van der Waals surface area (Å²) in [6.45, 7) is 1.84. The van der Waals surface area contributed by atoms with Crippen molar-refractivity contribution in [3.63, 3.8) is 0 Å². The van der Waals surface area contributed by atoms with E-state index in [-0.39, 0.29) is 23.3 Å². The normalized spacial score (nSPS) is 12.1. The van der Waals surface area contributed by atoms with Gasteiger partial charge in [-0.3, -0.25) is 4.79 Å². The molecule has 1 aromatic carbocycles. The molecule has 1 unspecified atom stereocenters. The van der Waals surface area contributed by atoms with Crippen LogP contribution in [0.5, 0.6) is 5.75 Å². The van der Waals surface area contributed by atoms with Gasteiger partial charge in [0.15, 0.2) is 0 Å². The molecule has 0 aliphatic rings. The standard InChI is InChI=1S/C12H11ClN2O2S/c1-7(12-14-4-5-18-12)15-11(17)9-3-2-8(13)6-10(9)16/h2-7,16H,1H3,(H,15,17).